The van der Waals surface area contributed by atoms with Crippen LogP contribution in [0.4, 0.5) is 14.5 Å². The number of rotatable bonds is 3. The molecule has 0 fully saturated rings. The Morgan fingerprint density at radius 1 is 1.67 bits per heavy atom. The Labute approximate surface area is 83.5 Å². The fourth-order valence-corrected chi connectivity index (χ4v) is 1.16. The first-order valence-corrected chi connectivity index (χ1v) is 4.01. The van der Waals surface area contributed by atoms with E-state index in [2.05, 4.69) is 4.98 Å². The highest BCUT2D eigenvalue weighted by molar-refractivity contribution is 5.40. The van der Waals surface area contributed by atoms with Crippen molar-refractivity contribution >= 4 is 5.69 Å². The molecule has 1 rings (SSSR count). The van der Waals surface area contributed by atoms with Crippen LogP contribution in [0.15, 0.2) is 6.07 Å². The SMILES string of the molecule is Cc1nc(CO)c(C(F)F)cc1[N+](=O)[O-]. The van der Waals surface area contributed by atoms with Gasteiger partial charge in [0.1, 0.15) is 5.69 Å². The number of halogens is 2. The Bertz CT molecular complexity index is 396. The van der Waals surface area contributed by atoms with E-state index < -0.39 is 29.2 Å². The fourth-order valence-electron chi connectivity index (χ4n) is 1.16. The maximum Gasteiger partial charge on any atom is 0.290 e. The van der Waals surface area contributed by atoms with E-state index in [1.165, 1.54) is 6.92 Å². The van der Waals surface area contributed by atoms with Crippen LogP contribution in [-0.4, -0.2) is 15.0 Å². The van der Waals surface area contributed by atoms with Crippen LogP contribution >= 0.6 is 0 Å². The van der Waals surface area contributed by atoms with Gasteiger partial charge in [-0.1, -0.05) is 0 Å². The molecule has 0 atom stereocenters. The first kappa shape index (κ1) is 11.4. The zero-order valence-corrected chi connectivity index (χ0v) is 7.78. The van der Waals surface area contributed by atoms with Crippen molar-refractivity contribution in [3.05, 3.63) is 33.1 Å². The Hall–Kier alpha value is -1.63. The van der Waals surface area contributed by atoms with Crippen LogP contribution in [0.3, 0.4) is 0 Å². The van der Waals surface area contributed by atoms with Crippen molar-refractivity contribution in [2.45, 2.75) is 20.0 Å². The molecule has 0 saturated heterocycles. The molecule has 1 aromatic heterocycles. The molecule has 1 N–H and O–H groups in total. The lowest BCUT2D eigenvalue weighted by molar-refractivity contribution is -0.385. The number of nitrogens with zero attached hydrogens (tertiary/aromatic N) is 2. The smallest absolute Gasteiger partial charge is 0.290 e. The van der Waals surface area contributed by atoms with E-state index in [1.54, 1.807) is 0 Å². The van der Waals surface area contributed by atoms with Gasteiger partial charge >= 0.3 is 0 Å². The molecular weight excluding hydrogens is 210 g/mol. The van der Waals surface area contributed by atoms with Crippen molar-refractivity contribution in [2.24, 2.45) is 0 Å². The minimum Gasteiger partial charge on any atom is -0.390 e. The first-order valence-electron chi connectivity index (χ1n) is 4.01. The summed E-state index contributed by atoms with van der Waals surface area (Å²) in [5.74, 6) is 0. The molecule has 0 aliphatic heterocycles. The summed E-state index contributed by atoms with van der Waals surface area (Å²) in [6.45, 7) is 0.658. The molecular formula is C8H8F2N2O3. The highest BCUT2D eigenvalue weighted by atomic mass is 19.3. The number of aryl methyl sites for hydroxylation is 1. The molecule has 0 aliphatic carbocycles. The molecule has 0 saturated carbocycles. The van der Waals surface area contributed by atoms with Gasteiger partial charge in [0.25, 0.3) is 12.1 Å². The fraction of sp³-hybridized carbons (Fsp3) is 0.375. The number of aromatic nitrogens is 1. The third-order valence-corrected chi connectivity index (χ3v) is 1.88. The summed E-state index contributed by atoms with van der Waals surface area (Å²) in [6, 6.07) is 0.749. The van der Waals surface area contributed by atoms with Gasteiger partial charge in [-0.3, -0.25) is 10.1 Å². The van der Waals surface area contributed by atoms with Gasteiger partial charge in [0.2, 0.25) is 0 Å². The summed E-state index contributed by atoms with van der Waals surface area (Å²) in [6.07, 6.45) is -2.89. The van der Waals surface area contributed by atoms with Crippen LogP contribution in [0, 0.1) is 17.0 Å². The number of aliphatic hydroxyl groups is 1. The second-order valence-electron chi connectivity index (χ2n) is 2.84. The van der Waals surface area contributed by atoms with Crippen molar-refractivity contribution < 1.29 is 18.8 Å². The molecule has 7 heteroatoms. The minimum atomic E-state index is -2.89. The number of alkyl halides is 2. The van der Waals surface area contributed by atoms with Crippen LogP contribution in [0.1, 0.15) is 23.4 Å². The Kier molecular flexibility index (Phi) is 3.25. The third kappa shape index (κ3) is 2.24. The molecule has 0 unspecified atom stereocenters. The lowest BCUT2D eigenvalue weighted by atomic mass is 10.1. The molecule has 0 aromatic carbocycles. The van der Waals surface area contributed by atoms with Crippen LogP contribution in [0.25, 0.3) is 0 Å². The van der Waals surface area contributed by atoms with Gasteiger partial charge in [-0.25, -0.2) is 13.8 Å². The van der Waals surface area contributed by atoms with Gasteiger partial charge in [-0.15, -0.1) is 0 Å². The number of hydrogen-bond donors (Lipinski definition) is 1. The summed E-state index contributed by atoms with van der Waals surface area (Å²) < 4.78 is 24.8. The van der Waals surface area contributed by atoms with Crippen molar-refractivity contribution in [1.82, 2.24) is 4.98 Å². The van der Waals surface area contributed by atoms with Gasteiger partial charge < -0.3 is 5.11 Å². The molecule has 5 nitrogen and oxygen atoms in total. The van der Waals surface area contributed by atoms with Gasteiger partial charge in [0, 0.05) is 11.6 Å². The summed E-state index contributed by atoms with van der Waals surface area (Å²) in [7, 11) is 0. The molecule has 1 heterocycles. The zero-order valence-electron chi connectivity index (χ0n) is 7.78. The number of nitro groups is 1. The molecule has 0 aliphatic rings. The predicted octanol–water partition coefficient (Wildman–Crippen LogP) is 1.73. The standard InChI is InChI=1S/C8H8F2N2O3/c1-4-7(12(14)15)2-5(8(9)10)6(3-13)11-4/h2,8,13H,3H2,1H3. The minimum absolute atomic E-state index is 0.00782. The first-order chi connectivity index (χ1) is 6.97. The van der Waals surface area contributed by atoms with Crippen molar-refractivity contribution in [1.29, 1.82) is 0 Å². The number of hydrogen-bond acceptors (Lipinski definition) is 4. The van der Waals surface area contributed by atoms with Gasteiger partial charge in [0.15, 0.2) is 0 Å². The van der Waals surface area contributed by atoms with E-state index >= 15 is 0 Å². The quantitative estimate of drug-likeness (QED) is 0.619. The Balaban J connectivity index is 3.37. The van der Waals surface area contributed by atoms with E-state index in [4.69, 9.17) is 5.11 Å². The lowest BCUT2D eigenvalue weighted by Crippen LogP contribution is -2.04. The maximum absolute atomic E-state index is 12.4. The molecule has 0 bridgehead atoms. The van der Waals surface area contributed by atoms with Crippen molar-refractivity contribution in [3.8, 4) is 0 Å². The third-order valence-electron chi connectivity index (χ3n) is 1.88. The summed E-state index contributed by atoms with van der Waals surface area (Å²) in [5.41, 5.74) is -1.29. The number of aliphatic hydroxyl groups excluding tert-OH is 1. The summed E-state index contributed by atoms with van der Waals surface area (Å²) >= 11 is 0. The Morgan fingerprint density at radius 2 is 2.27 bits per heavy atom. The van der Waals surface area contributed by atoms with Gasteiger partial charge in [-0.2, -0.15) is 0 Å². The normalized spacial score (nSPS) is 10.7. The number of pyridine rings is 1. The second kappa shape index (κ2) is 4.26. The lowest BCUT2D eigenvalue weighted by Gasteiger charge is -2.06. The average molecular weight is 218 g/mol. The Morgan fingerprint density at radius 3 is 2.67 bits per heavy atom. The van der Waals surface area contributed by atoms with Crippen LogP contribution in [-0.2, 0) is 6.61 Å². The molecule has 0 amide bonds. The maximum atomic E-state index is 12.4. The topological polar surface area (TPSA) is 76.3 Å². The van der Waals surface area contributed by atoms with Crippen LogP contribution < -0.4 is 0 Å². The zero-order chi connectivity index (χ0) is 11.6. The van der Waals surface area contributed by atoms with Crippen molar-refractivity contribution in [3.63, 3.8) is 0 Å². The van der Waals surface area contributed by atoms with E-state index in [9.17, 15) is 18.9 Å². The van der Waals surface area contributed by atoms with Crippen LogP contribution in [0.5, 0.6) is 0 Å². The highest BCUT2D eigenvalue weighted by Gasteiger charge is 2.21. The molecule has 82 valence electrons. The van der Waals surface area contributed by atoms with Gasteiger partial charge in [-0.05, 0) is 6.92 Å². The highest BCUT2D eigenvalue weighted by Crippen LogP contribution is 2.27. The predicted molar refractivity (Wildman–Crippen MR) is 46.5 cm³/mol. The van der Waals surface area contributed by atoms with Crippen molar-refractivity contribution in [2.75, 3.05) is 0 Å². The van der Waals surface area contributed by atoms with E-state index in [0.29, 0.717) is 0 Å². The van der Waals surface area contributed by atoms with E-state index in [0.717, 1.165) is 6.07 Å². The molecule has 15 heavy (non-hydrogen) atoms. The van der Waals surface area contributed by atoms with Crippen LogP contribution in [0.2, 0.25) is 0 Å². The van der Waals surface area contributed by atoms with E-state index in [1.807, 2.05) is 0 Å². The largest absolute Gasteiger partial charge is 0.390 e. The molecule has 0 radical (unpaired) electrons. The monoisotopic (exact) mass is 218 g/mol. The summed E-state index contributed by atoms with van der Waals surface area (Å²) in [4.78, 5) is 13.2. The second-order valence-corrected chi connectivity index (χ2v) is 2.84. The van der Waals surface area contributed by atoms with E-state index in [-0.39, 0.29) is 11.4 Å². The average Bonchev–Trinajstić information content (AvgIpc) is 2.16. The molecule has 1 aromatic rings. The summed E-state index contributed by atoms with van der Waals surface area (Å²) in [5, 5.41) is 19.2. The molecule has 0 spiro atoms. The van der Waals surface area contributed by atoms with Gasteiger partial charge in [0.05, 0.1) is 17.2 Å².